The summed E-state index contributed by atoms with van der Waals surface area (Å²) in [5.41, 5.74) is 3.60. The minimum absolute atomic E-state index is 0.0991. The van der Waals surface area contributed by atoms with Gasteiger partial charge >= 0.3 is 5.97 Å². The van der Waals surface area contributed by atoms with Gasteiger partial charge in [-0.05, 0) is 50.6 Å². The Bertz CT molecular complexity index is 818. The number of benzene rings is 2. The first-order chi connectivity index (χ1) is 13.4. The van der Waals surface area contributed by atoms with Gasteiger partial charge in [0.25, 0.3) is 5.91 Å². The molecule has 5 nitrogen and oxygen atoms in total. The zero-order valence-corrected chi connectivity index (χ0v) is 17.0. The molecule has 0 spiro atoms. The molecule has 0 unspecified atom stereocenters. The maximum atomic E-state index is 13.0. The lowest BCUT2D eigenvalue weighted by atomic mass is 10.0. The predicted molar refractivity (Wildman–Crippen MR) is 109 cm³/mol. The van der Waals surface area contributed by atoms with Gasteiger partial charge in [0.2, 0.25) is 0 Å². The molecule has 1 aliphatic heterocycles. The van der Waals surface area contributed by atoms with Crippen molar-refractivity contribution >= 4 is 11.9 Å². The fourth-order valence-electron chi connectivity index (χ4n) is 3.93. The largest absolute Gasteiger partial charge is 0.465 e. The van der Waals surface area contributed by atoms with Crippen LogP contribution < -0.4 is 0 Å². The molecule has 28 heavy (non-hydrogen) atoms. The number of nitrogens with zero attached hydrogens (tertiary/aromatic N) is 2. The van der Waals surface area contributed by atoms with Gasteiger partial charge in [0.15, 0.2) is 0 Å². The van der Waals surface area contributed by atoms with Crippen LogP contribution in [0.3, 0.4) is 0 Å². The van der Waals surface area contributed by atoms with E-state index in [1.165, 1.54) is 7.11 Å². The average Bonchev–Trinajstić information content (AvgIpc) is 2.68. The monoisotopic (exact) mass is 380 g/mol. The maximum absolute atomic E-state index is 13.0. The van der Waals surface area contributed by atoms with E-state index in [0.717, 1.165) is 36.3 Å². The van der Waals surface area contributed by atoms with Crippen molar-refractivity contribution in [1.82, 2.24) is 9.80 Å². The minimum Gasteiger partial charge on any atom is -0.465 e. The normalized spacial score (nSPS) is 20.1. The van der Waals surface area contributed by atoms with Crippen LogP contribution in [0.5, 0.6) is 0 Å². The highest BCUT2D eigenvalue weighted by Gasteiger charge is 2.33. The van der Waals surface area contributed by atoms with Gasteiger partial charge in [-0.25, -0.2) is 4.79 Å². The third-order valence-corrected chi connectivity index (χ3v) is 5.31. The smallest absolute Gasteiger partial charge is 0.337 e. The molecule has 3 rings (SSSR count). The van der Waals surface area contributed by atoms with Crippen molar-refractivity contribution in [3.8, 4) is 0 Å². The highest BCUT2D eigenvalue weighted by molar-refractivity contribution is 5.94. The van der Waals surface area contributed by atoms with Gasteiger partial charge < -0.3 is 9.64 Å². The van der Waals surface area contributed by atoms with Crippen LogP contribution in [-0.2, 0) is 11.3 Å². The fraction of sp³-hybridized carbons (Fsp3) is 0.391. The van der Waals surface area contributed by atoms with Gasteiger partial charge in [-0.1, -0.05) is 29.8 Å². The molecule has 1 amide bonds. The van der Waals surface area contributed by atoms with Crippen molar-refractivity contribution in [3.05, 3.63) is 70.8 Å². The topological polar surface area (TPSA) is 49.9 Å². The van der Waals surface area contributed by atoms with Crippen LogP contribution in [0.2, 0.25) is 0 Å². The lowest BCUT2D eigenvalue weighted by Crippen LogP contribution is -2.58. The molecule has 5 heteroatoms. The summed E-state index contributed by atoms with van der Waals surface area (Å²) in [6.45, 7) is 8.67. The molecule has 0 aromatic heterocycles. The summed E-state index contributed by atoms with van der Waals surface area (Å²) in [4.78, 5) is 28.9. The molecule has 0 radical (unpaired) electrons. The second-order valence-corrected chi connectivity index (χ2v) is 7.66. The molecular formula is C23H28N2O3. The van der Waals surface area contributed by atoms with E-state index in [9.17, 15) is 9.59 Å². The third kappa shape index (κ3) is 4.42. The average molecular weight is 380 g/mol. The van der Waals surface area contributed by atoms with Crippen LogP contribution in [0.1, 0.15) is 45.7 Å². The zero-order valence-electron chi connectivity index (χ0n) is 17.0. The van der Waals surface area contributed by atoms with Gasteiger partial charge in [-0.2, -0.15) is 0 Å². The Kier molecular flexibility index (Phi) is 6.15. The number of piperazine rings is 1. The Morgan fingerprint density at radius 2 is 1.46 bits per heavy atom. The van der Waals surface area contributed by atoms with Crippen LogP contribution in [0, 0.1) is 6.92 Å². The summed E-state index contributed by atoms with van der Waals surface area (Å²) < 4.78 is 4.74. The zero-order chi connectivity index (χ0) is 20.3. The highest BCUT2D eigenvalue weighted by Crippen LogP contribution is 2.21. The van der Waals surface area contributed by atoms with E-state index in [-0.39, 0.29) is 24.0 Å². The van der Waals surface area contributed by atoms with Crippen molar-refractivity contribution in [2.75, 3.05) is 20.2 Å². The van der Waals surface area contributed by atoms with Gasteiger partial charge in [-0.3, -0.25) is 9.69 Å². The summed E-state index contributed by atoms with van der Waals surface area (Å²) in [5.74, 6) is -0.223. The van der Waals surface area contributed by atoms with Crippen LogP contribution in [0.15, 0.2) is 48.5 Å². The summed E-state index contributed by atoms with van der Waals surface area (Å²) >= 11 is 0. The Labute approximate surface area is 166 Å². The van der Waals surface area contributed by atoms with Crippen LogP contribution in [0.25, 0.3) is 0 Å². The van der Waals surface area contributed by atoms with Crippen molar-refractivity contribution in [3.63, 3.8) is 0 Å². The van der Waals surface area contributed by atoms with Gasteiger partial charge in [-0.15, -0.1) is 0 Å². The molecule has 1 heterocycles. The minimum atomic E-state index is -0.322. The number of aryl methyl sites for hydroxylation is 1. The molecule has 1 fully saturated rings. The molecule has 1 aliphatic rings. The van der Waals surface area contributed by atoms with Crippen LogP contribution in [0.4, 0.5) is 0 Å². The molecular weight excluding hydrogens is 352 g/mol. The Hall–Kier alpha value is -2.66. The second kappa shape index (κ2) is 8.57. The molecule has 2 atom stereocenters. The predicted octanol–water partition coefficient (Wildman–Crippen LogP) is 3.52. The van der Waals surface area contributed by atoms with Gasteiger partial charge in [0.1, 0.15) is 0 Å². The maximum Gasteiger partial charge on any atom is 0.337 e. The van der Waals surface area contributed by atoms with E-state index in [2.05, 4.69) is 18.7 Å². The molecule has 2 aromatic rings. The second-order valence-electron chi connectivity index (χ2n) is 7.66. The summed E-state index contributed by atoms with van der Waals surface area (Å²) in [6, 6.07) is 15.6. The van der Waals surface area contributed by atoms with Crippen molar-refractivity contribution in [2.45, 2.75) is 39.4 Å². The number of hydrogen-bond donors (Lipinski definition) is 0. The number of carbonyl (C=O) groups excluding carboxylic acids is 2. The molecule has 148 valence electrons. The van der Waals surface area contributed by atoms with Crippen molar-refractivity contribution in [1.29, 1.82) is 0 Å². The Morgan fingerprint density at radius 3 is 2.00 bits per heavy atom. The summed E-state index contributed by atoms with van der Waals surface area (Å²) in [5, 5.41) is 0. The number of hydrogen-bond acceptors (Lipinski definition) is 4. The lowest BCUT2D eigenvalue weighted by Gasteiger charge is -2.44. The third-order valence-electron chi connectivity index (χ3n) is 5.31. The number of methoxy groups -OCH3 is 1. The quantitative estimate of drug-likeness (QED) is 0.762. The molecule has 0 bridgehead atoms. The molecule has 0 N–H and O–H groups in total. The summed E-state index contributed by atoms with van der Waals surface area (Å²) in [7, 11) is 1.39. The number of ether oxygens (including phenoxy) is 1. The van der Waals surface area contributed by atoms with E-state index < -0.39 is 0 Å². The van der Waals surface area contributed by atoms with E-state index in [1.54, 1.807) is 12.1 Å². The van der Waals surface area contributed by atoms with Crippen molar-refractivity contribution < 1.29 is 14.3 Å². The highest BCUT2D eigenvalue weighted by atomic mass is 16.5. The SMILES string of the molecule is COC(=O)c1ccc(CN2C[C@@H](C)N(C(=O)c3ccc(C)cc3)[C@@H](C)C2)cc1. The number of amides is 1. The van der Waals surface area contributed by atoms with Gasteiger partial charge in [0.05, 0.1) is 12.7 Å². The van der Waals surface area contributed by atoms with E-state index in [1.807, 2.05) is 48.2 Å². The Morgan fingerprint density at radius 1 is 0.929 bits per heavy atom. The van der Waals surface area contributed by atoms with Crippen molar-refractivity contribution in [2.24, 2.45) is 0 Å². The number of carbonyl (C=O) groups is 2. The first-order valence-electron chi connectivity index (χ1n) is 9.68. The van der Waals surface area contributed by atoms with E-state index in [4.69, 9.17) is 4.74 Å². The lowest BCUT2D eigenvalue weighted by molar-refractivity contribution is 0.0268. The first kappa shape index (κ1) is 20.1. The van der Waals surface area contributed by atoms with Crippen LogP contribution >= 0.6 is 0 Å². The standard InChI is InChI=1S/C23H28N2O3/c1-16-5-9-20(10-6-16)22(26)25-17(2)13-24(14-18(25)3)15-19-7-11-21(12-8-19)23(27)28-4/h5-12,17-18H,13-15H2,1-4H3/t17-,18+. The fourth-order valence-corrected chi connectivity index (χ4v) is 3.93. The molecule has 0 aliphatic carbocycles. The molecule has 2 aromatic carbocycles. The molecule has 0 saturated carbocycles. The molecule has 1 saturated heterocycles. The van der Waals surface area contributed by atoms with Crippen LogP contribution in [-0.4, -0.2) is 54.0 Å². The van der Waals surface area contributed by atoms with E-state index in [0.29, 0.717) is 5.56 Å². The van der Waals surface area contributed by atoms with E-state index >= 15 is 0 Å². The number of esters is 1. The Balaban J connectivity index is 1.65. The summed E-state index contributed by atoms with van der Waals surface area (Å²) in [6.07, 6.45) is 0. The first-order valence-corrected chi connectivity index (χ1v) is 9.68. The number of rotatable bonds is 4. The van der Waals surface area contributed by atoms with Gasteiger partial charge in [0, 0.05) is 37.3 Å².